The Balaban J connectivity index is 0.00000205. The van der Waals surface area contributed by atoms with Crippen LogP contribution in [0.1, 0.15) is 63.0 Å². The summed E-state index contributed by atoms with van der Waals surface area (Å²) in [5.74, 6) is -1.35. The summed E-state index contributed by atoms with van der Waals surface area (Å²) in [5.41, 5.74) is -0.454. The van der Waals surface area contributed by atoms with Crippen molar-refractivity contribution in [2.24, 2.45) is 0 Å². The number of amides is 1. The van der Waals surface area contributed by atoms with Gasteiger partial charge in [-0.25, -0.2) is 9.37 Å². The van der Waals surface area contributed by atoms with Gasteiger partial charge in [0.25, 0.3) is 5.91 Å². The number of nitrogens with zero attached hydrogens (tertiary/aromatic N) is 1. The molecule has 0 saturated carbocycles. The van der Waals surface area contributed by atoms with Gasteiger partial charge in [0, 0.05) is 18.4 Å². The van der Waals surface area contributed by atoms with E-state index in [4.69, 9.17) is 9.31 Å². The molecular formula is C28H32BF4N3O3. The van der Waals surface area contributed by atoms with Crippen molar-refractivity contribution in [3.8, 4) is 0 Å². The predicted octanol–water partition coefficient (Wildman–Crippen LogP) is 6.43. The van der Waals surface area contributed by atoms with E-state index in [2.05, 4.69) is 15.6 Å². The molecule has 208 valence electrons. The Hall–Kier alpha value is -3.44. The van der Waals surface area contributed by atoms with Crippen molar-refractivity contribution in [3.63, 3.8) is 0 Å². The highest BCUT2D eigenvalue weighted by Gasteiger charge is 2.51. The van der Waals surface area contributed by atoms with E-state index in [1.165, 1.54) is 12.1 Å². The summed E-state index contributed by atoms with van der Waals surface area (Å²) in [6.07, 6.45) is -4.02. The van der Waals surface area contributed by atoms with Gasteiger partial charge in [-0.3, -0.25) is 4.79 Å². The largest absolute Gasteiger partial charge is 0.494 e. The first-order valence-electron chi connectivity index (χ1n) is 12.6. The third-order valence-electron chi connectivity index (χ3n) is 6.53. The maximum atomic E-state index is 13.3. The van der Waals surface area contributed by atoms with Gasteiger partial charge in [-0.2, -0.15) is 13.2 Å². The molecule has 0 spiro atoms. The maximum Gasteiger partial charge on any atom is 0.494 e. The molecule has 1 aliphatic heterocycles. The summed E-state index contributed by atoms with van der Waals surface area (Å²) in [5, 5.41) is 5.41. The van der Waals surface area contributed by atoms with Gasteiger partial charge in [-0.05, 0) is 69.1 Å². The number of hydrogen-bond acceptors (Lipinski definition) is 5. The molecule has 3 aromatic rings. The molecule has 0 aliphatic carbocycles. The summed E-state index contributed by atoms with van der Waals surface area (Å²) < 4.78 is 65.1. The molecule has 4 rings (SSSR count). The molecule has 11 heteroatoms. The fourth-order valence-electron chi connectivity index (χ4n) is 3.62. The van der Waals surface area contributed by atoms with Crippen molar-refractivity contribution >= 4 is 30.0 Å². The molecule has 1 aliphatic rings. The van der Waals surface area contributed by atoms with Crippen LogP contribution in [0.2, 0.25) is 0 Å². The van der Waals surface area contributed by atoms with Gasteiger partial charge < -0.3 is 19.9 Å². The topological polar surface area (TPSA) is 72.5 Å². The lowest BCUT2D eigenvalue weighted by Gasteiger charge is -2.32. The molecular weight excluding hydrogens is 513 g/mol. The van der Waals surface area contributed by atoms with E-state index in [0.717, 1.165) is 29.2 Å². The van der Waals surface area contributed by atoms with Crippen LogP contribution in [0.3, 0.4) is 0 Å². The van der Waals surface area contributed by atoms with Gasteiger partial charge in [-0.15, -0.1) is 0 Å². The lowest BCUT2D eigenvalue weighted by Crippen LogP contribution is -2.41. The third kappa shape index (κ3) is 7.16. The number of aromatic nitrogens is 1. The molecule has 2 N–H and O–H groups in total. The van der Waals surface area contributed by atoms with E-state index in [0.29, 0.717) is 6.20 Å². The number of nitrogens with one attached hydrogen (secondary N) is 2. The van der Waals surface area contributed by atoms with E-state index >= 15 is 0 Å². The Kier molecular flexibility index (Phi) is 9.07. The summed E-state index contributed by atoms with van der Waals surface area (Å²) in [4.78, 5) is 16.7. The molecule has 0 unspecified atom stereocenters. The van der Waals surface area contributed by atoms with Gasteiger partial charge in [0.1, 0.15) is 11.6 Å². The molecule has 6 nitrogen and oxygen atoms in total. The van der Waals surface area contributed by atoms with Gasteiger partial charge >= 0.3 is 13.3 Å². The normalized spacial score (nSPS) is 15.8. The molecule has 1 aromatic heterocycles. The Morgan fingerprint density at radius 1 is 0.949 bits per heavy atom. The number of carbonyl (C=O) groups excluding carboxylic acids is 1. The van der Waals surface area contributed by atoms with Crippen molar-refractivity contribution in [1.29, 1.82) is 0 Å². The highest BCUT2D eigenvalue weighted by Crippen LogP contribution is 2.36. The minimum Gasteiger partial charge on any atom is -0.399 e. The van der Waals surface area contributed by atoms with Crippen LogP contribution >= 0.6 is 0 Å². The van der Waals surface area contributed by atoms with Gasteiger partial charge in [0.15, 0.2) is 0 Å². The van der Waals surface area contributed by atoms with Crippen LogP contribution in [-0.2, 0) is 22.0 Å². The minimum absolute atomic E-state index is 0.0253. The van der Waals surface area contributed by atoms with Crippen molar-refractivity contribution in [1.82, 2.24) is 4.98 Å². The molecule has 0 bridgehead atoms. The van der Waals surface area contributed by atoms with Crippen LogP contribution in [-0.4, -0.2) is 29.2 Å². The van der Waals surface area contributed by atoms with Crippen LogP contribution in [0.4, 0.5) is 29.1 Å². The van der Waals surface area contributed by atoms with Gasteiger partial charge in [0.2, 0.25) is 0 Å². The smallest absolute Gasteiger partial charge is 0.399 e. The van der Waals surface area contributed by atoms with Crippen LogP contribution in [0, 0.1) is 5.82 Å². The van der Waals surface area contributed by atoms with Crippen molar-refractivity contribution in [2.45, 2.75) is 65.5 Å². The van der Waals surface area contributed by atoms with E-state index < -0.39 is 41.8 Å². The lowest BCUT2D eigenvalue weighted by atomic mass is 9.79. The zero-order valence-corrected chi connectivity index (χ0v) is 22.7. The second kappa shape index (κ2) is 11.8. The Morgan fingerprint density at radius 2 is 1.51 bits per heavy atom. The highest BCUT2D eigenvalue weighted by molar-refractivity contribution is 6.62. The molecule has 2 aromatic carbocycles. The number of pyridine rings is 1. The van der Waals surface area contributed by atoms with Gasteiger partial charge in [0.05, 0.1) is 22.3 Å². The van der Waals surface area contributed by atoms with Crippen LogP contribution < -0.4 is 16.1 Å². The second-order valence-electron chi connectivity index (χ2n) is 9.76. The lowest BCUT2D eigenvalue weighted by molar-refractivity contribution is -0.137. The zero-order chi connectivity index (χ0) is 29.0. The predicted molar refractivity (Wildman–Crippen MR) is 144 cm³/mol. The molecule has 0 radical (unpaired) electrons. The monoisotopic (exact) mass is 545 g/mol. The van der Waals surface area contributed by atoms with Gasteiger partial charge in [-0.1, -0.05) is 38.1 Å². The first-order chi connectivity index (χ1) is 18.2. The Bertz CT molecular complexity index is 1260. The summed E-state index contributed by atoms with van der Waals surface area (Å²) in [6, 6.07) is 13.0. The first kappa shape index (κ1) is 30.1. The minimum atomic E-state index is -4.68. The number of benzene rings is 2. The fourth-order valence-corrected chi connectivity index (χ4v) is 3.62. The quantitative estimate of drug-likeness (QED) is 0.276. The average Bonchev–Trinajstić information content (AvgIpc) is 3.11. The number of alkyl halides is 3. The average molecular weight is 545 g/mol. The summed E-state index contributed by atoms with van der Waals surface area (Å²) in [7, 11) is -0.523. The number of hydrogen-bond donors (Lipinski definition) is 2. The molecule has 39 heavy (non-hydrogen) atoms. The Labute approximate surface area is 226 Å². The van der Waals surface area contributed by atoms with E-state index in [9.17, 15) is 22.4 Å². The standard InChI is InChI=1S/C26H26BF4N3O3.C2H6/c1-24(2)25(3,4)37-27(36-24)18-7-5-16(6-8-18)14-32-22-21(13-17(15-33-22)26(29,30)31)23(35)34-20-11-9-19(28)10-12-20;1-2/h5-13,15H,14H2,1-4H3,(H,32,33)(H,34,35);1-2H3. The number of rotatable bonds is 6. The number of halogens is 4. The van der Waals surface area contributed by atoms with Crippen LogP contribution in [0.25, 0.3) is 0 Å². The third-order valence-corrected chi connectivity index (χ3v) is 6.53. The van der Waals surface area contributed by atoms with Crippen LogP contribution in [0.15, 0.2) is 60.8 Å². The molecule has 1 saturated heterocycles. The molecule has 0 atom stereocenters. The van der Waals surface area contributed by atoms with Crippen molar-refractivity contribution in [2.75, 3.05) is 10.6 Å². The Morgan fingerprint density at radius 3 is 2.05 bits per heavy atom. The second-order valence-corrected chi connectivity index (χ2v) is 9.76. The molecule has 2 heterocycles. The van der Waals surface area contributed by atoms with E-state index in [1.54, 1.807) is 0 Å². The van der Waals surface area contributed by atoms with E-state index in [1.807, 2.05) is 65.8 Å². The summed E-state index contributed by atoms with van der Waals surface area (Å²) in [6.45, 7) is 12.1. The van der Waals surface area contributed by atoms with Crippen molar-refractivity contribution in [3.05, 3.63) is 83.3 Å². The maximum absolute atomic E-state index is 13.3. The van der Waals surface area contributed by atoms with Crippen molar-refractivity contribution < 1.29 is 31.7 Å². The first-order valence-corrected chi connectivity index (χ1v) is 12.6. The molecule has 1 amide bonds. The van der Waals surface area contributed by atoms with E-state index in [-0.39, 0.29) is 23.6 Å². The molecule has 1 fully saturated rings. The number of anilines is 2. The fraction of sp³-hybridized carbons (Fsp3) is 0.357. The summed E-state index contributed by atoms with van der Waals surface area (Å²) >= 11 is 0. The van der Waals surface area contributed by atoms with Crippen LogP contribution in [0.5, 0.6) is 0 Å². The number of carbonyl (C=O) groups is 1. The zero-order valence-electron chi connectivity index (χ0n) is 22.7. The highest BCUT2D eigenvalue weighted by atomic mass is 19.4. The SMILES string of the molecule is CC.CC1(C)OB(c2ccc(CNc3ncc(C(F)(F)F)cc3C(=O)Nc3ccc(F)cc3)cc2)OC1(C)C.